The van der Waals surface area contributed by atoms with Gasteiger partial charge in [0.2, 0.25) is 0 Å². The molecule has 0 atom stereocenters. The van der Waals surface area contributed by atoms with Crippen molar-refractivity contribution < 1.29 is 0 Å². The lowest BCUT2D eigenvalue weighted by molar-refractivity contribution is 0.453. The van der Waals surface area contributed by atoms with Gasteiger partial charge in [-0.25, -0.2) is 0 Å². The number of nitrogen functional groups attached to an aromatic ring is 1. The number of hydrogen-bond acceptors (Lipinski definition) is 3. The first kappa shape index (κ1) is 15.4. The van der Waals surface area contributed by atoms with E-state index in [1.165, 1.54) is 49.6 Å². The molecule has 1 aliphatic rings. The van der Waals surface area contributed by atoms with E-state index in [-0.39, 0.29) is 0 Å². The van der Waals surface area contributed by atoms with Gasteiger partial charge >= 0.3 is 0 Å². The van der Waals surface area contributed by atoms with Crippen LogP contribution in [-0.2, 0) is 7.05 Å². The molecule has 0 unspecified atom stereocenters. The fourth-order valence-corrected chi connectivity index (χ4v) is 2.86. The maximum Gasteiger partial charge on any atom is 0.155 e. The second-order valence-electron chi connectivity index (χ2n) is 5.86. The first-order valence-corrected chi connectivity index (χ1v) is 7.96. The quantitative estimate of drug-likeness (QED) is 0.743. The molecule has 4 nitrogen and oxygen atoms in total. The van der Waals surface area contributed by atoms with Crippen LogP contribution in [0.4, 0.5) is 5.82 Å². The third kappa shape index (κ3) is 4.26. The molecule has 4 heteroatoms. The Morgan fingerprint density at radius 2 is 1.67 bits per heavy atom. The summed E-state index contributed by atoms with van der Waals surface area (Å²) < 4.78 is 1.52. The summed E-state index contributed by atoms with van der Waals surface area (Å²) in [5.74, 6) is 7.26. The van der Waals surface area contributed by atoms with Gasteiger partial charge in [-0.05, 0) is 18.8 Å². The molecular weight excluding hydrogens is 260 g/mol. The van der Waals surface area contributed by atoms with Crippen molar-refractivity contribution in [3.8, 4) is 17.9 Å². The van der Waals surface area contributed by atoms with Gasteiger partial charge in [0.25, 0.3) is 0 Å². The van der Waals surface area contributed by atoms with Gasteiger partial charge in [-0.3, -0.25) is 4.68 Å². The first-order chi connectivity index (χ1) is 10.2. The molecule has 112 valence electrons. The predicted molar refractivity (Wildman–Crippen MR) is 84.3 cm³/mol. The van der Waals surface area contributed by atoms with Crippen LogP contribution < -0.4 is 5.73 Å². The Balaban J connectivity index is 2.08. The Kier molecular flexibility index (Phi) is 5.69. The minimum atomic E-state index is 0.396. The lowest BCUT2D eigenvalue weighted by atomic mass is 9.92. The van der Waals surface area contributed by atoms with E-state index in [0.29, 0.717) is 23.0 Å². The van der Waals surface area contributed by atoms with Crippen LogP contribution in [0, 0.1) is 29.1 Å². The Bertz CT molecular complexity index is 558. The highest BCUT2D eigenvalue weighted by molar-refractivity contribution is 5.56. The number of anilines is 1. The Labute approximate surface area is 127 Å². The minimum Gasteiger partial charge on any atom is -0.383 e. The van der Waals surface area contributed by atoms with Crippen molar-refractivity contribution >= 4 is 5.82 Å². The Hall–Kier alpha value is -1.94. The van der Waals surface area contributed by atoms with Crippen LogP contribution in [-0.4, -0.2) is 9.78 Å². The normalized spacial score (nSPS) is 17.5. The summed E-state index contributed by atoms with van der Waals surface area (Å²) in [5, 5.41) is 13.4. The molecule has 2 rings (SSSR count). The molecular formula is C17H24N4. The average molecular weight is 284 g/mol. The number of nitriles is 1. The molecule has 0 aromatic carbocycles. The van der Waals surface area contributed by atoms with Crippen LogP contribution in [0.5, 0.6) is 0 Å². The SMILES string of the molecule is Cn1nc(C#CC2CCCCCCCCC2)c(C#N)c1N. The van der Waals surface area contributed by atoms with Crippen LogP contribution in [0.15, 0.2) is 0 Å². The third-order valence-corrected chi connectivity index (χ3v) is 4.20. The first-order valence-electron chi connectivity index (χ1n) is 7.96. The summed E-state index contributed by atoms with van der Waals surface area (Å²) in [6.07, 6.45) is 11.6. The van der Waals surface area contributed by atoms with E-state index in [1.807, 2.05) is 0 Å². The fourth-order valence-electron chi connectivity index (χ4n) is 2.86. The van der Waals surface area contributed by atoms with Crippen LogP contribution in [0.1, 0.15) is 69.0 Å². The van der Waals surface area contributed by atoms with Crippen LogP contribution in [0.2, 0.25) is 0 Å². The van der Waals surface area contributed by atoms with Gasteiger partial charge in [-0.2, -0.15) is 10.4 Å². The molecule has 0 radical (unpaired) electrons. The summed E-state index contributed by atoms with van der Waals surface area (Å²) >= 11 is 0. The smallest absolute Gasteiger partial charge is 0.155 e. The van der Waals surface area contributed by atoms with Crippen LogP contribution in [0.25, 0.3) is 0 Å². The molecule has 2 N–H and O–H groups in total. The standard InChI is InChI=1S/C17H24N4/c1-21-17(19)15(13-18)16(20-21)12-11-14-9-7-5-3-2-4-6-8-10-14/h14H,2-10,19H2,1H3. The predicted octanol–water partition coefficient (Wildman–Crippen LogP) is 3.37. The summed E-state index contributed by atoms with van der Waals surface area (Å²) in [5.41, 5.74) is 6.75. The molecule has 0 bridgehead atoms. The van der Waals surface area contributed by atoms with E-state index in [2.05, 4.69) is 23.0 Å². The monoisotopic (exact) mass is 284 g/mol. The topological polar surface area (TPSA) is 67.6 Å². The zero-order valence-electron chi connectivity index (χ0n) is 12.9. The van der Waals surface area contributed by atoms with Crippen molar-refractivity contribution in [1.82, 2.24) is 9.78 Å². The van der Waals surface area contributed by atoms with E-state index >= 15 is 0 Å². The summed E-state index contributed by atoms with van der Waals surface area (Å²) in [6, 6.07) is 2.10. The largest absolute Gasteiger partial charge is 0.383 e. The molecule has 0 amide bonds. The van der Waals surface area contributed by atoms with Crippen molar-refractivity contribution in [2.45, 2.75) is 57.8 Å². The third-order valence-electron chi connectivity index (χ3n) is 4.20. The van der Waals surface area contributed by atoms with E-state index in [0.717, 1.165) is 12.8 Å². The van der Waals surface area contributed by atoms with E-state index in [1.54, 1.807) is 7.05 Å². The van der Waals surface area contributed by atoms with E-state index in [9.17, 15) is 0 Å². The second-order valence-corrected chi connectivity index (χ2v) is 5.86. The minimum absolute atomic E-state index is 0.396. The van der Waals surface area contributed by atoms with Crippen molar-refractivity contribution in [3.05, 3.63) is 11.3 Å². The molecule has 21 heavy (non-hydrogen) atoms. The molecule has 1 heterocycles. The van der Waals surface area contributed by atoms with Crippen molar-refractivity contribution in [2.24, 2.45) is 13.0 Å². The lowest BCUT2D eigenvalue weighted by Crippen LogP contribution is -2.00. The molecule has 1 saturated carbocycles. The van der Waals surface area contributed by atoms with Crippen molar-refractivity contribution in [3.63, 3.8) is 0 Å². The fraction of sp³-hybridized carbons (Fsp3) is 0.647. The molecule has 1 aromatic heterocycles. The summed E-state index contributed by atoms with van der Waals surface area (Å²) in [7, 11) is 1.74. The molecule has 0 aliphatic heterocycles. The van der Waals surface area contributed by atoms with Crippen LogP contribution in [0.3, 0.4) is 0 Å². The summed E-state index contributed by atoms with van der Waals surface area (Å²) in [4.78, 5) is 0. The molecule has 1 aromatic rings. The van der Waals surface area contributed by atoms with Gasteiger partial charge in [0, 0.05) is 13.0 Å². The van der Waals surface area contributed by atoms with Gasteiger partial charge in [-0.15, -0.1) is 0 Å². The van der Waals surface area contributed by atoms with Gasteiger partial charge < -0.3 is 5.73 Å². The maximum atomic E-state index is 9.15. The number of rotatable bonds is 0. The van der Waals surface area contributed by atoms with Gasteiger partial charge in [-0.1, -0.05) is 50.9 Å². The van der Waals surface area contributed by atoms with E-state index in [4.69, 9.17) is 11.0 Å². The average Bonchev–Trinajstić information content (AvgIpc) is 2.77. The lowest BCUT2D eigenvalue weighted by Gasteiger charge is -2.12. The van der Waals surface area contributed by atoms with E-state index < -0.39 is 0 Å². The van der Waals surface area contributed by atoms with Gasteiger partial charge in [0.05, 0.1) is 0 Å². The molecule has 1 fully saturated rings. The number of aromatic nitrogens is 2. The summed E-state index contributed by atoms with van der Waals surface area (Å²) in [6.45, 7) is 0. The highest BCUT2D eigenvalue weighted by Crippen LogP contribution is 2.21. The number of aryl methyl sites for hydroxylation is 1. The van der Waals surface area contributed by atoms with Gasteiger partial charge in [0.1, 0.15) is 17.5 Å². The zero-order chi connectivity index (χ0) is 15.1. The van der Waals surface area contributed by atoms with Crippen molar-refractivity contribution in [2.75, 3.05) is 5.73 Å². The highest BCUT2D eigenvalue weighted by atomic mass is 15.3. The number of hydrogen-bond donors (Lipinski definition) is 1. The second kappa shape index (κ2) is 7.74. The molecule has 0 saturated heterocycles. The van der Waals surface area contributed by atoms with Crippen LogP contribution >= 0.6 is 0 Å². The highest BCUT2D eigenvalue weighted by Gasteiger charge is 2.12. The zero-order valence-corrected chi connectivity index (χ0v) is 12.9. The molecule has 1 aliphatic carbocycles. The number of nitrogens with zero attached hydrogens (tertiary/aromatic N) is 3. The maximum absolute atomic E-state index is 9.15. The van der Waals surface area contributed by atoms with Crippen molar-refractivity contribution in [1.29, 1.82) is 5.26 Å². The number of nitrogens with two attached hydrogens (primary N) is 1. The Morgan fingerprint density at radius 1 is 1.10 bits per heavy atom. The van der Waals surface area contributed by atoms with Gasteiger partial charge in [0.15, 0.2) is 5.69 Å². The molecule has 0 spiro atoms. The Morgan fingerprint density at radius 3 is 2.24 bits per heavy atom.